The van der Waals surface area contributed by atoms with Gasteiger partial charge < -0.3 is 20.6 Å². The third-order valence-electron chi connectivity index (χ3n) is 7.71. The van der Waals surface area contributed by atoms with Gasteiger partial charge in [0.2, 0.25) is 17.7 Å². The zero-order valence-electron chi connectivity index (χ0n) is 19.5. The first-order valence-corrected chi connectivity index (χ1v) is 12.8. The largest absolute Gasteiger partial charge is 0.395 e. The SMILES string of the molecule is CCCNC(=O)[C@H]1[C@H]2C(=O)N(CCO)C(C(=O)Nc3ccc4ccccc4c3)C23CC[C@]1(C)S3. The highest BCUT2D eigenvalue weighted by Crippen LogP contribution is 2.71. The number of hydrogen-bond donors (Lipinski definition) is 3. The number of fused-ring (bicyclic) bond motifs is 2. The summed E-state index contributed by atoms with van der Waals surface area (Å²) in [6, 6.07) is 12.9. The molecule has 2 aromatic carbocycles. The van der Waals surface area contributed by atoms with E-state index in [0.29, 0.717) is 18.7 Å². The molecule has 3 aliphatic rings. The summed E-state index contributed by atoms with van der Waals surface area (Å²) in [6.45, 7) is 4.46. The molecule has 0 radical (unpaired) electrons. The molecule has 3 aliphatic heterocycles. The van der Waals surface area contributed by atoms with Gasteiger partial charge in [0.05, 0.1) is 23.2 Å². The number of nitrogens with zero attached hydrogens (tertiary/aromatic N) is 1. The third-order valence-corrected chi connectivity index (χ3v) is 9.70. The number of rotatable bonds is 7. The average Bonchev–Trinajstić information content (AvgIpc) is 3.38. The molecule has 1 spiro atoms. The van der Waals surface area contributed by atoms with E-state index in [9.17, 15) is 19.5 Å². The van der Waals surface area contributed by atoms with E-state index in [1.165, 1.54) is 4.90 Å². The molecule has 5 rings (SSSR count). The number of carbonyl (C=O) groups excluding carboxylic acids is 3. The molecule has 2 aromatic rings. The van der Waals surface area contributed by atoms with Crippen molar-refractivity contribution >= 4 is 45.9 Å². The van der Waals surface area contributed by atoms with Crippen molar-refractivity contribution in [2.45, 2.75) is 48.6 Å². The van der Waals surface area contributed by atoms with E-state index >= 15 is 0 Å². The number of benzene rings is 2. The number of β-amino-alcohol motifs (C(OH)–C–C–N with tert-alkyl or cyclic N) is 1. The fraction of sp³-hybridized carbons (Fsp3) is 0.500. The molecule has 7 nitrogen and oxygen atoms in total. The molecule has 5 atom stereocenters. The Morgan fingerprint density at radius 2 is 1.91 bits per heavy atom. The van der Waals surface area contributed by atoms with Crippen LogP contribution in [-0.2, 0) is 14.4 Å². The number of hydrogen-bond acceptors (Lipinski definition) is 5. The van der Waals surface area contributed by atoms with E-state index in [2.05, 4.69) is 17.6 Å². The third kappa shape index (κ3) is 3.41. The molecule has 0 aromatic heterocycles. The van der Waals surface area contributed by atoms with Crippen molar-refractivity contribution in [2.75, 3.05) is 25.0 Å². The summed E-state index contributed by atoms with van der Waals surface area (Å²) < 4.78 is -1.05. The van der Waals surface area contributed by atoms with Gasteiger partial charge in [-0.25, -0.2) is 0 Å². The first-order chi connectivity index (χ1) is 16.3. The van der Waals surface area contributed by atoms with Gasteiger partial charge in [-0.15, -0.1) is 11.8 Å². The molecule has 3 amide bonds. The second-order valence-corrected chi connectivity index (χ2v) is 11.7. The minimum atomic E-state index is -0.737. The lowest BCUT2D eigenvalue weighted by Gasteiger charge is -2.34. The Balaban J connectivity index is 1.49. The van der Waals surface area contributed by atoms with Crippen molar-refractivity contribution in [1.29, 1.82) is 0 Å². The van der Waals surface area contributed by atoms with Crippen molar-refractivity contribution in [3.8, 4) is 0 Å². The number of likely N-dealkylation sites (tertiary alicyclic amines) is 1. The summed E-state index contributed by atoms with van der Waals surface area (Å²) in [5, 5.41) is 17.8. The summed E-state index contributed by atoms with van der Waals surface area (Å²) in [4.78, 5) is 42.1. The molecule has 0 aliphatic carbocycles. The van der Waals surface area contributed by atoms with Crippen LogP contribution in [-0.4, -0.2) is 63.0 Å². The molecule has 2 bridgehead atoms. The summed E-state index contributed by atoms with van der Waals surface area (Å²) in [7, 11) is 0. The van der Waals surface area contributed by atoms with Crippen molar-refractivity contribution in [1.82, 2.24) is 10.2 Å². The minimum Gasteiger partial charge on any atom is -0.395 e. The molecule has 3 heterocycles. The van der Waals surface area contributed by atoms with Gasteiger partial charge in [0.1, 0.15) is 6.04 Å². The quantitative estimate of drug-likeness (QED) is 0.565. The van der Waals surface area contributed by atoms with E-state index in [0.717, 1.165) is 23.6 Å². The molecule has 180 valence electrons. The Morgan fingerprint density at radius 1 is 1.15 bits per heavy atom. The standard InChI is InChI=1S/C26H31N3O4S/c1-3-12-27-22(31)19-20-24(33)29(13-14-30)21(26(20)11-10-25(19,2)34-26)23(32)28-18-9-8-16-6-4-5-7-17(16)15-18/h4-9,15,19-21,30H,3,10-14H2,1-2H3,(H,27,31)(H,28,32)/t19-,20+,21?,25+,26?/m1/s1. The maximum atomic E-state index is 13.8. The fourth-order valence-electron chi connectivity index (χ4n) is 6.31. The van der Waals surface area contributed by atoms with Crippen LogP contribution in [0.25, 0.3) is 10.8 Å². The Labute approximate surface area is 203 Å². The van der Waals surface area contributed by atoms with Crippen LogP contribution in [0.15, 0.2) is 42.5 Å². The lowest BCUT2D eigenvalue weighted by molar-refractivity contribution is -0.140. The number of carbonyl (C=O) groups is 3. The Kier molecular flexibility index (Phi) is 5.84. The van der Waals surface area contributed by atoms with E-state index in [-0.39, 0.29) is 35.6 Å². The number of amides is 3. The Bertz CT molecular complexity index is 1160. The van der Waals surface area contributed by atoms with Gasteiger partial charge in [0.15, 0.2) is 0 Å². The molecular weight excluding hydrogens is 450 g/mol. The fourth-order valence-corrected chi connectivity index (χ4v) is 8.67. The van der Waals surface area contributed by atoms with Crippen LogP contribution in [0, 0.1) is 11.8 Å². The van der Waals surface area contributed by atoms with Crippen LogP contribution in [0.3, 0.4) is 0 Å². The van der Waals surface area contributed by atoms with Crippen LogP contribution in [0.2, 0.25) is 0 Å². The second kappa shape index (κ2) is 8.57. The summed E-state index contributed by atoms with van der Waals surface area (Å²) in [5.41, 5.74) is 0.668. The van der Waals surface area contributed by atoms with E-state index in [4.69, 9.17) is 0 Å². The van der Waals surface area contributed by atoms with Crippen molar-refractivity contribution in [2.24, 2.45) is 11.8 Å². The van der Waals surface area contributed by atoms with Gasteiger partial charge >= 0.3 is 0 Å². The van der Waals surface area contributed by atoms with E-state index in [1.54, 1.807) is 11.8 Å². The first kappa shape index (κ1) is 23.2. The van der Waals surface area contributed by atoms with Gasteiger partial charge in [-0.05, 0) is 49.1 Å². The normalized spacial score (nSPS) is 31.7. The van der Waals surface area contributed by atoms with Crippen LogP contribution >= 0.6 is 11.8 Å². The zero-order chi connectivity index (χ0) is 24.1. The molecule has 3 saturated heterocycles. The molecule has 3 N–H and O–H groups in total. The van der Waals surface area contributed by atoms with Crippen molar-refractivity contribution in [3.05, 3.63) is 42.5 Å². The molecule has 3 fully saturated rings. The predicted octanol–water partition coefficient (Wildman–Crippen LogP) is 2.78. The first-order valence-electron chi connectivity index (χ1n) is 12.0. The van der Waals surface area contributed by atoms with Crippen LogP contribution in [0.4, 0.5) is 5.69 Å². The monoisotopic (exact) mass is 481 g/mol. The van der Waals surface area contributed by atoms with Crippen LogP contribution in [0.5, 0.6) is 0 Å². The van der Waals surface area contributed by atoms with Crippen molar-refractivity contribution in [3.63, 3.8) is 0 Å². The molecule has 8 heteroatoms. The van der Waals surface area contributed by atoms with Gasteiger partial charge in [0, 0.05) is 23.5 Å². The number of aliphatic hydroxyl groups excluding tert-OH is 1. The second-order valence-electron chi connectivity index (χ2n) is 9.83. The molecular formula is C26H31N3O4S. The summed E-state index contributed by atoms with van der Waals surface area (Å²) >= 11 is 1.64. The average molecular weight is 482 g/mol. The Morgan fingerprint density at radius 3 is 2.65 bits per heavy atom. The highest BCUT2D eigenvalue weighted by atomic mass is 32.2. The molecule has 2 unspecified atom stereocenters. The summed E-state index contributed by atoms with van der Waals surface area (Å²) in [6.07, 6.45) is 2.29. The van der Waals surface area contributed by atoms with Gasteiger partial charge in [-0.3, -0.25) is 14.4 Å². The predicted molar refractivity (Wildman–Crippen MR) is 133 cm³/mol. The maximum absolute atomic E-state index is 13.8. The maximum Gasteiger partial charge on any atom is 0.248 e. The van der Waals surface area contributed by atoms with Crippen molar-refractivity contribution < 1.29 is 19.5 Å². The van der Waals surface area contributed by atoms with Crippen LogP contribution in [0.1, 0.15) is 33.1 Å². The topological polar surface area (TPSA) is 98.7 Å². The number of nitrogens with one attached hydrogen (secondary N) is 2. The summed E-state index contributed by atoms with van der Waals surface area (Å²) in [5.74, 6) is -1.60. The van der Waals surface area contributed by atoms with Gasteiger partial charge in [0.25, 0.3) is 0 Å². The molecule has 34 heavy (non-hydrogen) atoms. The number of aliphatic hydroxyl groups is 1. The van der Waals surface area contributed by atoms with Gasteiger partial charge in [-0.1, -0.05) is 37.3 Å². The van der Waals surface area contributed by atoms with E-state index < -0.39 is 22.6 Å². The number of anilines is 1. The molecule has 0 saturated carbocycles. The number of thioether (sulfide) groups is 1. The minimum absolute atomic E-state index is 0.0768. The lowest BCUT2D eigenvalue weighted by atomic mass is 9.66. The zero-order valence-corrected chi connectivity index (χ0v) is 20.4. The Hall–Kier alpha value is -2.58. The highest BCUT2D eigenvalue weighted by Gasteiger charge is 2.76. The lowest BCUT2D eigenvalue weighted by Crippen LogP contribution is -2.52. The smallest absolute Gasteiger partial charge is 0.248 e. The van der Waals surface area contributed by atoms with Gasteiger partial charge in [-0.2, -0.15) is 0 Å². The highest BCUT2D eigenvalue weighted by molar-refractivity contribution is 8.02. The van der Waals surface area contributed by atoms with Crippen LogP contribution < -0.4 is 10.6 Å². The van der Waals surface area contributed by atoms with E-state index in [1.807, 2.05) is 49.4 Å².